The van der Waals surface area contributed by atoms with E-state index in [0.717, 1.165) is 22.9 Å². The molecule has 2 aromatic rings. The van der Waals surface area contributed by atoms with Crippen molar-refractivity contribution in [1.82, 2.24) is 0 Å². The Morgan fingerprint density at radius 1 is 1.04 bits per heavy atom. The predicted molar refractivity (Wildman–Crippen MR) is 115 cm³/mol. The second-order valence-electron chi connectivity index (χ2n) is 7.91. The topological polar surface area (TPSA) is 56.8 Å². The maximum absolute atomic E-state index is 6.17. The average Bonchev–Trinajstić information content (AvgIpc) is 2.60. The molecule has 4 nitrogen and oxygen atoms in total. The second-order valence-corrected chi connectivity index (χ2v) is 8.90. The molecule has 0 radical (unpaired) electrons. The third-order valence-electron chi connectivity index (χ3n) is 4.69. The highest BCUT2D eigenvalue weighted by atomic mass is 35.5. The summed E-state index contributed by atoms with van der Waals surface area (Å²) in [4.78, 5) is 4.52. The van der Waals surface area contributed by atoms with Gasteiger partial charge in [-0.05, 0) is 53.6 Å². The first-order chi connectivity index (χ1) is 12.7. The fourth-order valence-corrected chi connectivity index (χ4v) is 3.98. The monoisotopic (exact) mass is 419 g/mol. The summed E-state index contributed by atoms with van der Waals surface area (Å²) < 4.78 is 11.1. The number of thioether (sulfide) groups is 1. The number of nitrogens with zero attached hydrogens (tertiary/aromatic N) is 1. The van der Waals surface area contributed by atoms with Crippen LogP contribution in [0.3, 0.4) is 0 Å². The zero-order chi connectivity index (χ0) is 19.6. The summed E-state index contributed by atoms with van der Waals surface area (Å²) in [6.07, 6.45) is 0. The molecule has 0 aliphatic carbocycles. The van der Waals surface area contributed by atoms with Crippen molar-refractivity contribution in [2.45, 2.75) is 45.8 Å². The second kappa shape index (κ2) is 9.10. The number of benzene rings is 2. The minimum atomic E-state index is 0. The maximum atomic E-state index is 6.17. The molecule has 3 rings (SSSR count). The minimum Gasteiger partial charge on any atom is -1.00 e. The van der Waals surface area contributed by atoms with Crippen molar-refractivity contribution in [3.63, 3.8) is 0 Å². The Balaban J connectivity index is 0.00000280. The molecule has 1 aliphatic heterocycles. The zero-order valence-corrected chi connectivity index (χ0v) is 18.7. The molecule has 0 saturated heterocycles. The van der Waals surface area contributed by atoms with Crippen LogP contribution >= 0.6 is 11.8 Å². The van der Waals surface area contributed by atoms with E-state index in [1.165, 1.54) is 22.3 Å². The van der Waals surface area contributed by atoms with Gasteiger partial charge in [-0.25, -0.2) is 4.99 Å². The molecular weight excluding hydrogens is 392 g/mol. The zero-order valence-electron chi connectivity index (χ0n) is 17.1. The fraction of sp³-hybridized carbons (Fsp3) is 0.409. The summed E-state index contributed by atoms with van der Waals surface area (Å²) in [6.45, 7) is 12.2. The van der Waals surface area contributed by atoms with Crippen molar-refractivity contribution in [2.75, 3.05) is 13.2 Å². The van der Waals surface area contributed by atoms with E-state index in [0.29, 0.717) is 18.4 Å². The van der Waals surface area contributed by atoms with E-state index in [-0.39, 0.29) is 17.8 Å². The standard InChI is InChI=1S/C22H28N2O2S.ClH/c1-14-10-16(22(3,4)5)11-15(2)18(14)13-27-21(23)24-17-6-7-19-20(12-17)26-9-8-25-19;/h6-7,10-12H,8-9,13H2,1-5H3,(H2,23,24);1H/p-1. The summed E-state index contributed by atoms with van der Waals surface area (Å²) in [5.74, 6) is 2.29. The Kier molecular flexibility index (Phi) is 7.29. The van der Waals surface area contributed by atoms with E-state index in [1.54, 1.807) is 11.8 Å². The third-order valence-corrected chi connectivity index (χ3v) is 5.51. The Bertz CT molecular complexity index is 852. The number of amidine groups is 1. The molecule has 0 spiro atoms. The highest BCUT2D eigenvalue weighted by molar-refractivity contribution is 8.13. The fourth-order valence-electron chi connectivity index (χ4n) is 3.06. The molecule has 2 N–H and O–H groups in total. The number of rotatable bonds is 3. The molecule has 0 atom stereocenters. The van der Waals surface area contributed by atoms with Gasteiger partial charge in [0.2, 0.25) is 0 Å². The molecule has 6 heteroatoms. The van der Waals surface area contributed by atoms with E-state index in [1.807, 2.05) is 18.2 Å². The largest absolute Gasteiger partial charge is 1.00 e. The van der Waals surface area contributed by atoms with Crippen molar-refractivity contribution in [3.05, 3.63) is 52.6 Å². The molecule has 0 fully saturated rings. The van der Waals surface area contributed by atoms with Crippen LogP contribution in [0.2, 0.25) is 0 Å². The van der Waals surface area contributed by atoms with Gasteiger partial charge in [0.05, 0.1) is 5.69 Å². The van der Waals surface area contributed by atoms with Gasteiger partial charge in [-0.3, -0.25) is 0 Å². The molecule has 0 bridgehead atoms. The van der Waals surface area contributed by atoms with Crippen LogP contribution in [0, 0.1) is 13.8 Å². The van der Waals surface area contributed by atoms with Gasteiger partial charge >= 0.3 is 0 Å². The molecule has 0 saturated carbocycles. The molecule has 0 unspecified atom stereocenters. The highest BCUT2D eigenvalue weighted by Gasteiger charge is 2.16. The molecular formula is C22H28ClN2O2S-. The van der Waals surface area contributed by atoms with E-state index >= 15 is 0 Å². The number of fused-ring (bicyclic) bond motifs is 1. The predicted octanol–water partition coefficient (Wildman–Crippen LogP) is 2.26. The lowest BCUT2D eigenvalue weighted by molar-refractivity contribution is -0.00000676. The van der Waals surface area contributed by atoms with Crippen molar-refractivity contribution < 1.29 is 21.9 Å². The van der Waals surface area contributed by atoms with Crippen LogP contribution in [0.25, 0.3) is 0 Å². The molecule has 1 heterocycles. The lowest BCUT2D eigenvalue weighted by Crippen LogP contribution is -3.00. The van der Waals surface area contributed by atoms with E-state index < -0.39 is 0 Å². The average molecular weight is 420 g/mol. The number of aliphatic imine (C=N–C) groups is 1. The van der Waals surface area contributed by atoms with Crippen LogP contribution in [0.5, 0.6) is 11.5 Å². The Morgan fingerprint density at radius 2 is 1.64 bits per heavy atom. The van der Waals surface area contributed by atoms with Crippen LogP contribution in [0.15, 0.2) is 35.3 Å². The van der Waals surface area contributed by atoms with Gasteiger partial charge in [0.15, 0.2) is 16.7 Å². The Hall–Kier alpha value is -1.85. The summed E-state index contributed by atoms with van der Waals surface area (Å²) >= 11 is 1.56. The first-order valence-electron chi connectivity index (χ1n) is 9.21. The Morgan fingerprint density at radius 3 is 2.25 bits per heavy atom. The summed E-state index contributed by atoms with van der Waals surface area (Å²) in [5.41, 5.74) is 12.4. The van der Waals surface area contributed by atoms with Gasteiger partial charge in [-0.2, -0.15) is 0 Å². The normalized spacial score (nSPS) is 13.8. The number of halogens is 1. The van der Waals surface area contributed by atoms with Gasteiger partial charge in [-0.1, -0.05) is 44.7 Å². The lowest BCUT2D eigenvalue weighted by Gasteiger charge is -2.22. The summed E-state index contributed by atoms with van der Waals surface area (Å²) in [7, 11) is 0. The van der Waals surface area contributed by atoms with Crippen molar-refractivity contribution in [3.8, 4) is 11.5 Å². The smallest absolute Gasteiger partial charge is 0.163 e. The summed E-state index contributed by atoms with van der Waals surface area (Å²) in [6, 6.07) is 10.2. The summed E-state index contributed by atoms with van der Waals surface area (Å²) in [5, 5.41) is 0.547. The van der Waals surface area contributed by atoms with Crippen molar-refractivity contribution in [1.29, 1.82) is 0 Å². The van der Waals surface area contributed by atoms with E-state index in [9.17, 15) is 0 Å². The third kappa shape index (κ3) is 5.36. The molecule has 28 heavy (non-hydrogen) atoms. The molecule has 1 aliphatic rings. The number of hydrogen-bond donors (Lipinski definition) is 1. The number of nitrogens with two attached hydrogens (primary N) is 1. The minimum absolute atomic E-state index is 0. The lowest BCUT2D eigenvalue weighted by atomic mass is 9.84. The van der Waals surface area contributed by atoms with Crippen LogP contribution in [-0.2, 0) is 11.2 Å². The van der Waals surface area contributed by atoms with Crippen LogP contribution in [-0.4, -0.2) is 18.4 Å². The maximum Gasteiger partial charge on any atom is 0.163 e. The van der Waals surface area contributed by atoms with Gasteiger partial charge in [-0.15, -0.1) is 0 Å². The van der Waals surface area contributed by atoms with Crippen molar-refractivity contribution >= 4 is 22.6 Å². The Labute approximate surface area is 178 Å². The van der Waals surface area contributed by atoms with Gasteiger partial charge in [0, 0.05) is 11.8 Å². The van der Waals surface area contributed by atoms with Crippen molar-refractivity contribution in [2.24, 2.45) is 10.7 Å². The number of hydrogen-bond acceptors (Lipinski definition) is 4. The first-order valence-corrected chi connectivity index (χ1v) is 10.2. The SMILES string of the molecule is Cc1cc(C(C)(C)C)cc(C)c1CSC(N)=Nc1ccc2c(c1)OCCO2.[Cl-]. The number of aryl methyl sites for hydroxylation is 2. The van der Waals surface area contributed by atoms with Crippen LogP contribution in [0.1, 0.15) is 43.0 Å². The first kappa shape index (κ1) is 22.4. The quantitative estimate of drug-likeness (QED) is 0.612. The highest BCUT2D eigenvalue weighted by Crippen LogP contribution is 2.34. The van der Waals surface area contributed by atoms with E-state index in [4.69, 9.17) is 15.2 Å². The van der Waals surface area contributed by atoms with E-state index in [2.05, 4.69) is 51.7 Å². The molecule has 0 amide bonds. The van der Waals surface area contributed by atoms with Gasteiger partial charge in [0.25, 0.3) is 0 Å². The molecule has 0 aromatic heterocycles. The molecule has 152 valence electrons. The van der Waals surface area contributed by atoms with Gasteiger partial charge < -0.3 is 27.6 Å². The molecule has 2 aromatic carbocycles. The van der Waals surface area contributed by atoms with Gasteiger partial charge in [0.1, 0.15) is 13.2 Å². The van der Waals surface area contributed by atoms with Crippen LogP contribution < -0.4 is 27.6 Å². The number of ether oxygens (including phenoxy) is 2. The van der Waals surface area contributed by atoms with Crippen LogP contribution in [0.4, 0.5) is 5.69 Å².